The highest BCUT2D eigenvalue weighted by Gasteiger charge is 2.43. The van der Waals surface area contributed by atoms with E-state index in [1.165, 1.54) is 18.6 Å². The number of benzene rings is 1. The SMILES string of the molecule is Cn1nccc1[C@H]1CCC[C@@]1(C)Oc1cc(F)c(S(=O)(=O)Nc2ccncn2)cc1Cl. The van der Waals surface area contributed by atoms with Crippen LogP contribution in [0.1, 0.15) is 37.8 Å². The Kier molecular flexibility index (Phi) is 5.61. The number of aryl methyl sites for hydroxylation is 1. The summed E-state index contributed by atoms with van der Waals surface area (Å²) in [5, 5.41) is 4.23. The van der Waals surface area contributed by atoms with E-state index in [2.05, 4.69) is 19.8 Å². The Morgan fingerprint density at radius 3 is 2.81 bits per heavy atom. The second-order valence-corrected chi connectivity index (χ2v) is 9.71. The maximum absolute atomic E-state index is 14.9. The number of hydrogen-bond donors (Lipinski definition) is 1. The zero-order valence-corrected chi connectivity index (χ0v) is 18.5. The van der Waals surface area contributed by atoms with Gasteiger partial charge < -0.3 is 4.74 Å². The molecule has 2 aromatic heterocycles. The molecule has 1 N–H and O–H groups in total. The van der Waals surface area contributed by atoms with Crippen molar-refractivity contribution in [3.8, 4) is 5.75 Å². The summed E-state index contributed by atoms with van der Waals surface area (Å²) in [5.74, 6) is -0.818. The molecule has 0 radical (unpaired) electrons. The minimum atomic E-state index is -4.24. The van der Waals surface area contributed by atoms with E-state index in [0.717, 1.165) is 37.1 Å². The fourth-order valence-corrected chi connectivity index (χ4v) is 5.40. The zero-order chi connectivity index (χ0) is 22.2. The molecule has 3 aromatic rings. The molecule has 0 aliphatic heterocycles. The van der Waals surface area contributed by atoms with Gasteiger partial charge in [-0.05, 0) is 44.4 Å². The lowest BCUT2D eigenvalue weighted by Crippen LogP contribution is -2.36. The molecule has 11 heteroatoms. The van der Waals surface area contributed by atoms with Crippen molar-refractivity contribution >= 4 is 27.4 Å². The lowest BCUT2D eigenvalue weighted by molar-refractivity contribution is 0.0749. The lowest BCUT2D eigenvalue weighted by atomic mass is 9.89. The van der Waals surface area contributed by atoms with Crippen LogP contribution in [0.5, 0.6) is 5.75 Å². The first-order valence-corrected chi connectivity index (χ1v) is 11.5. The molecular weight excluding hydrogens is 445 g/mol. The lowest BCUT2D eigenvalue weighted by Gasteiger charge is -2.33. The van der Waals surface area contributed by atoms with Crippen LogP contribution in [0.3, 0.4) is 0 Å². The molecule has 2 atom stereocenters. The second-order valence-electron chi connectivity index (χ2n) is 7.65. The van der Waals surface area contributed by atoms with Crippen LogP contribution in [0.15, 0.2) is 47.9 Å². The van der Waals surface area contributed by atoms with Gasteiger partial charge >= 0.3 is 0 Å². The highest BCUT2D eigenvalue weighted by molar-refractivity contribution is 7.92. The molecule has 1 fully saturated rings. The van der Waals surface area contributed by atoms with Gasteiger partial charge in [-0.25, -0.2) is 22.8 Å². The number of halogens is 2. The van der Waals surface area contributed by atoms with Crippen LogP contribution in [0.25, 0.3) is 0 Å². The van der Waals surface area contributed by atoms with E-state index in [1.54, 1.807) is 10.9 Å². The van der Waals surface area contributed by atoms with Crippen molar-refractivity contribution in [2.75, 3.05) is 4.72 Å². The summed E-state index contributed by atoms with van der Waals surface area (Å²) in [6.07, 6.45) is 6.85. The van der Waals surface area contributed by atoms with E-state index in [4.69, 9.17) is 16.3 Å². The highest BCUT2D eigenvalue weighted by atomic mass is 35.5. The van der Waals surface area contributed by atoms with Crippen LogP contribution in [0.2, 0.25) is 5.02 Å². The Morgan fingerprint density at radius 2 is 2.13 bits per heavy atom. The molecule has 2 heterocycles. The van der Waals surface area contributed by atoms with Crippen molar-refractivity contribution in [3.05, 3.63) is 59.5 Å². The fourth-order valence-electron chi connectivity index (χ4n) is 4.03. The molecule has 1 saturated carbocycles. The van der Waals surface area contributed by atoms with Gasteiger partial charge in [0, 0.05) is 37.1 Å². The minimum Gasteiger partial charge on any atom is -0.485 e. The van der Waals surface area contributed by atoms with Gasteiger partial charge in [0.05, 0.1) is 5.02 Å². The predicted octanol–water partition coefficient (Wildman–Crippen LogP) is 3.91. The number of nitrogens with one attached hydrogen (secondary N) is 1. The summed E-state index contributed by atoms with van der Waals surface area (Å²) in [5.41, 5.74) is 0.383. The quantitative estimate of drug-likeness (QED) is 0.592. The molecule has 1 aliphatic carbocycles. The number of aromatic nitrogens is 4. The van der Waals surface area contributed by atoms with E-state index >= 15 is 0 Å². The number of rotatable bonds is 6. The molecule has 1 aliphatic rings. The van der Waals surface area contributed by atoms with Gasteiger partial charge in [-0.15, -0.1) is 0 Å². The standard InChI is InChI=1S/C20H21ClFN5O3S/c1-20(7-3-4-13(20)16-5-9-25-27(16)2)30-17-11-15(22)18(10-14(17)21)31(28,29)26-19-6-8-23-12-24-19/h5-6,8-13H,3-4,7H2,1-2H3,(H,23,24,26)/t13-,20-/m1/s1. The molecule has 0 bridgehead atoms. The van der Waals surface area contributed by atoms with Gasteiger partial charge in [-0.3, -0.25) is 9.40 Å². The summed E-state index contributed by atoms with van der Waals surface area (Å²) < 4.78 is 50.3. The van der Waals surface area contributed by atoms with E-state index < -0.39 is 26.3 Å². The number of ether oxygens (including phenoxy) is 1. The molecule has 4 rings (SSSR count). The molecule has 0 spiro atoms. The number of nitrogens with zero attached hydrogens (tertiary/aromatic N) is 4. The first kappa shape index (κ1) is 21.5. The second kappa shape index (κ2) is 8.08. The molecule has 8 nitrogen and oxygen atoms in total. The molecule has 31 heavy (non-hydrogen) atoms. The monoisotopic (exact) mass is 465 g/mol. The van der Waals surface area contributed by atoms with Crippen LogP contribution < -0.4 is 9.46 Å². The maximum Gasteiger partial charge on any atom is 0.266 e. The van der Waals surface area contributed by atoms with E-state index in [1.807, 2.05) is 20.0 Å². The number of anilines is 1. The third kappa shape index (κ3) is 4.22. The Bertz CT molecular complexity index is 1200. The maximum atomic E-state index is 14.9. The van der Waals surface area contributed by atoms with Gasteiger partial charge in [-0.1, -0.05) is 11.6 Å². The first-order chi connectivity index (χ1) is 14.7. The Hall–Kier alpha value is -2.72. The zero-order valence-electron chi connectivity index (χ0n) is 16.9. The van der Waals surface area contributed by atoms with Crippen LogP contribution in [-0.4, -0.2) is 33.8 Å². The van der Waals surface area contributed by atoms with E-state index in [9.17, 15) is 12.8 Å². The van der Waals surface area contributed by atoms with Crippen molar-refractivity contribution in [2.45, 2.75) is 42.6 Å². The molecule has 0 amide bonds. The van der Waals surface area contributed by atoms with Crippen LogP contribution >= 0.6 is 11.6 Å². The summed E-state index contributed by atoms with van der Waals surface area (Å²) in [7, 11) is -2.38. The van der Waals surface area contributed by atoms with Gasteiger partial charge in [0.2, 0.25) is 0 Å². The third-order valence-corrected chi connectivity index (χ3v) is 7.22. The van der Waals surface area contributed by atoms with Crippen LogP contribution in [0.4, 0.5) is 10.2 Å². The largest absolute Gasteiger partial charge is 0.485 e. The van der Waals surface area contributed by atoms with Crippen LogP contribution in [0, 0.1) is 5.82 Å². The third-order valence-electron chi connectivity index (χ3n) is 5.56. The Morgan fingerprint density at radius 1 is 1.32 bits per heavy atom. The topological polar surface area (TPSA) is 99.0 Å². The highest BCUT2D eigenvalue weighted by Crippen LogP contribution is 2.46. The van der Waals surface area contributed by atoms with Crippen molar-refractivity contribution in [2.24, 2.45) is 7.05 Å². The smallest absolute Gasteiger partial charge is 0.266 e. The van der Waals surface area contributed by atoms with Gasteiger partial charge in [0.25, 0.3) is 10.0 Å². The predicted molar refractivity (Wildman–Crippen MR) is 113 cm³/mol. The fraction of sp³-hybridized carbons (Fsp3) is 0.350. The average Bonchev–Trinajstić information content (AvgIpc) is 3.29. The minimum absolute atomic E-state index is 0.00124. The van der Waals surface area contributed by atoms with Crippen molar-refractivity contribution in [1.29, 1.82) is 0 Å². The normalized spacial score (nSPS) is 21.2. The summed E-state index contributed by atoms with van der Waals surface area (Å²) in [4.78, 5) is 6.91. The summed E-state index contributed by atoms with van der Waals surface area (Å²) in [6.45, 7) is 1.95. The number of sulfonamides is 1. The molecule has 0 saturated heterocycles. The molecule has 0 unspecified atom stereocenters. The first-order valence-electron chi connectivity index (χ1n) is 9.64. The molecular formula is C20H21ClFN5O3S. The van der Waals surface area contributed by atoms with Crippen molar-refractivity contribution in [1.82, 2.24) is 19.7 Å². The van der Waals surface area contributed by atoms with Crippen molar-refractivity contribution < 1.29 is 17.5 Å². The van der Waals surface area contributed by atoms with Gasteiger partial charge in [-0.2, -0.15) is 5.10 Å². The van der Waals surface area contributed by atoms with Crippen molar-refractivity contribution in [3.63, 3.8) is 0 Å². The van der Waals surface area contributed by atoms with E-state index in [0.29, 0.717) is 0 Å². The Balaban J connectivity index is 1.62. The average molecular weight is 466 g/mol. The number of hydrogen-bond acceptors (Lipinski definition) is 6. The van der Waals surface area contributed by atoms with E-state index in [-0.39, 0.29) is 22.5 Å². The molecule has 1 aromatic carbocycles. The van der Waals surface area contributed by atoms with Gasteiger partial charge in [0.1, 0.15) is 34.2 Å². The van der Waals surface area contributed by atoms with Gasteiger partial charge in [0.15, 0.2) is 0 Å². The molecule has 164 valence electrons. The Labute approximate surface area is 184 Å². The summed E-state index contributed by atoms with van der Waals surface area (Å²) in [6, 6.07) is 5.36. The summed E-state index contributed by atoms with van der Waals surface area (Å²) >= 11 is 6.33. The van der Waals surface area contributed by atoms with Crippen LogP contribution in [-0.2, 0) is 17.1 Å².